The summed E-state index contributed by atoms with van der Waals surface area (Å²) in [6.07, 6.45) is 0. The van der Waals surface area contributed by atoms with Gasteiger partial charge in [0.2, 0.25) is 0 Å². The van der Waals surface area contributed by atoms with Gasteiger partial charge in [-0.15, -0.1) is 0 Å². The van der Waals surface area contributed by atoms with Crippen LogP contribution < -0.4 is 16.0 Å². The number of anilines is 3. The Labute approximate surface area is 168 Å². The molecular weight excluding hydrogens is 364 g/mol. The van der Waals surface area contributed by atoms with Gasteiger partial charge in [-0.3, -0.25) is 4.79 Å². The van der Waals surface area contributed by atoms with Crippen LogP contribution >= 0.6 is 0 Å². The molecular formula is C23H20N4O2. The average molecular weight is 384 g/mol. The number of carbonyl (C=O) groups is 2. The van der Waals surface area contributed by atoms with E-state index in [1.54, 1.807) is 24.3 Å². The number of fused-ring (bicyclic) bond motifs is 1. The number of nitrogens with one attached hydrogen (secondary N) is 4. The Morgan fingerprint density at radius 1 is 0.690 bits per heavy atom. The first-order valence-corrected chi connectivity index (χ1v) is 9.22. The lowest BCUT2D eigenvalue weighted by Crippen LogP contribution is -2.19. The van der Waals surface area contributed by atoms with Crippen molar-refractivity contribution in [1.82, 2.24) is 4.98 Å². The molecule has 1 aromatic heterocycles. The van der Waals surface area contributed by atoms with Crippen molar-refractivity contribution in [2.24, 2.45) is 0 Å². The molecule has 0 unspecified atom stereocenters. The van der Waals surface area contributed by atoms with E-state index in [9.17, 15) is 9.59 Å². The normalized spacial score (nSPS) is 10.5. The van der Waals surface area contributed by atoms with Gasteiger partial charge in [0, 0.05) is 33.7 Å². The molecule has 0 saturated carbocycles. The predicted molar refractivity (Wildman–Crippen MR) is 117 cm³/mol. The minimum Gasteiger partial charge on any atom is -0.358 e. The highest BCUT2D eigenvalue weighted by atomic mass is 16.2. The number of aromatic amines is 1. The van der Waals surface area contributed by atoms with Gasteiger partial charge >= 0.3 is 6.03 Å². The number of urea groups is 1. The van der Waals surface area contributed by atoms with E-state index >= 15 is 0 Å². The summed E-state index contributed by atoms with van der Waals surface area (Å²) in [5.74, 6) is -0.178. The van der Waals surface area contributed by atoms with Crippen molar-refractivity contribution in [1.29, 1.82) is 0 Å². The molecule has 4 aromatic rings. The number of para-hydroxylation sites is 2. The van der Waals surface area contributed by atoms with Crippen LogP contribution in [0.25, 0.3) is 10.9 Å². The molecule has 6 nitrogen and oxygen atoms in total. The minimum absolute atomic E-state index is 0.178. The highest BCUT2D eigenvalue weighted by Gasteiger charge is 2.15. The average Bonchev–Trinajstić information content (AvgIpc) is 3.06. The van der Waals surface area contributed by atoms with E-state index in [1.807, 2.05) is 61.5 Å². The number of benzene rings is 3. The highest BCUT2D eigenvalue weighted by molar-refractivity contribution is 6.14. The molecule has 1 heterocycles. The number of hydrogen-bond acceptors (Lipinski definition) is 2. The van der Waals surface area contributed by atoms with Crippen molar-refractivity contribution < 1.29 is 9.59 Å². The first kappa shape index (κ1) is 18.3. The second kappa shape index (κ2) is 7.90. The third-order valence-electron chi connectivity index (χ3n) is 4.55. The third-order valence-corrected chi connectivity index (χ3v) is 4.55. The van der Waals surface area contributed by atoms with E-state index in [0.29, 0.717) is 22.6 Å². The number of carbonyl (C=O) groups excluding carboxylic acids is 2. The van der Waals surface area contributed by atoms with Crippen molar-refractivity contribution in [2.75, 3.05) is 16.0 Å². The zero-order chi connectivity index (χ0) is 20.2. The molecule has 0 bridgehead atoms. The molecule has 3 amide bonds. The van der Waals surface area contributed by atoms with Gasteiger partial charge < -0.3 is 20.9 Å². The lowest BCUT2D eigenvalue weighted by atomic mass is 10.1. The molecule has 0 aliphatic heterocycles. The minimum atomic E-state index is -0.331. The smallest absolute Gasteiger partial charge is 0.323 e. The molecule has 29 heavy (non-hydrogen) atoms. The first-order chi connectivity index (χ1) is 14.1. The molecule has 6 heteroatoms. The zero-order valence-electron chi connectivity index (χ0n) is 15.8. The fraction of sp³-hybridized carbons (Fsp3) is 0.0435. The summed E-state index contributed by atoms with van der Waals surface area (Å²) in [5, 5.41) is 9.32. The van der Waals surface area contributed by atoms with Crippen LogP contribution in [0.5, 0.6) is 0 Å². The molecule has 4 N–H and O–H groups in total. The van der Waals surface area contributed by atoms with Crippen LogP contribution in [0.2, 0.25) is 0 Å². The Kier molecular flexibility index (Phi) is 4.99. The SMILES string of the molecule is Cc1[nH]c2ccccc2c1C(=O)Nc1ccc(NC(=O)Nc2ccccc2)cc1. The van der Waals surface area contributed by atoms with Crippen molar-refractivity contribution >= 4 is 39.9 Å². The van der Waals surface area contributed by atoms with Crippen molar-refractivity contribution in [2.45, 2.75) is 6.92 Å². The fourth-order valence-corrected chi connectivity index (χ4v) is 3.21. The topological polar surface area (TPSA) is 86.0 Å². The summed E-state index contributed by atoms with van der Waals surface area (Å²) in [6, 6.07) is 23.6. The van der Waals surface area contributed by atoms with E-state index in [1.165, 1.54) is 0 Å². The molecule has 0 atom stereocenters. The van der Waals surface area contributed by atoms with E-state index in [0.717, 1.165) is 16.6 Å². The summed E-state index contributed by atoms with van der Waals surface area (Å²) >= 11 is 0. The van der Waals surface area contributed by atoms with E-state index in [-0.39, 0.29) is 11.9 Å². The Hall–Kier alpha value is -4.06. The van der Waals surface area contributed by atoms with Crippen LogP contribution in [0.4, 0.5) is 21.9 Å². The summed E-state index contributed by atoms with van der Waals surface area (Å²) in [5.41, 5.74) is 4.36. The molecule has 0 fully saturated rings. The Morgan fingerprint density at radius 3 is 1.93 bits per heavy atom. The number of aryl methyl sites for hydroxylation is 1. The number of rotatable bonds is 4. The van der Waals surface area contributed by atoms with Gasteiger partial charge in [-0.25, -0.2) is 4.79 Å². The molecule has 0 spiro atoms. The second-order valence-electron chi connectivity index (χ2n) is 6.65. The van der Waals surface area contributed by atoms with Gasteiger partial charge in [-0.05, 0) is 49.4 Å². The van der Waals surface area contributed by atoms with Crippen LogP contribution in [-0.4, -0.2) is 16.9 Å². The van der Waals surface area contributed by atoms with Gasteiger partial charge in [-0.1, -0.05) is 36.4 Å². The summed E-state index contributed by atoms with van der Waals surface area (Å²) in [4.78, 5) is 28.1. The highest BCUT2D eigenvalue weighted by Crippen LogP contribution is 2.23. The van der Waals surface area contributed by atoms with Crippen molar-refractivity contribution in [3.63, 3.8) is 0 Å². The maximum atomic E-state index is 12.8. The zero-order valence-corrected chi connectivity index (χ0v) is 15.8. The van der Waals surface area contributed by atoms with Crippen LogP contribution in [0.15, 0.2) is 78.9 Å². The largest absolute Gasteiger partial charge is 0.358 e. The Morgan fingerprint density at radius 2 is 1.24 bits per heavy atom. The summed E-state index contributed by atoms with van der Waals surface area (Å²) in [7, 11) is 0. The quantitative estimate of drug-likeness (QED) is 0.381. The van der Waals surface area contributed by atoms with Crippen LogP contribution in [0.1, 0.15) is 16.1 Å². The van der Waals surface area contributed by atoms with Crippen molar-refractivity contribution in [3.8, 4) is 0 Å². The standard InChI is InChI=1S/C23H20N4O2/c1-15-21(19-9-5-6-10-20(19)24-15)22(28)25-17-11-13-18(14-12-17)27-23(29)26-16-7-3-2-4-8-16/h2-14,24H,1H3,(H,25,28)(H2,26,27,29). The third kappa shape index (κ3) is 4.11. The second-order valence-corrected chi connectivity index (χ2v) is 6.65. The number of aromatic nitrogens is 1. The van der Waals surface area contributed by atoms with Gasteiger partial charge in [0.15, 0.2) is 0 Å². The Balaban J connectivity index is 1.42. The molecule has 0 radical (unpaired) electrons. The molecule has 0 aliphatic rings. The number of H-pyrrole nitrogens is 1. The molecule has 0 saturated heterocycles. The monoisotopic (exact) mass is 384 g/mol. The first-order valence-electron chi connectivity index (χ1n) is 9.22. The summed E-state index contributed by atoms with van der Waals surface area (Å²) < 4.78 is 0. The van der Waals surface area contributed by atoms with E-state index in [2.05, 4.69) is 20.9 Å². The number of amides is 3. The van der Waals surface area contributed by atoms with E-state index < -0.39 is 0 Å². The lowest BCUT2D eigenvalue weighted by Gasteiger charge is -2.09. The van der Waals surface area contributed by atoms with Gasteiger partial charge in [0.1, 0.15) is 0 Å². The van der Waals surface area contributed by atoms with Crippen LogP contribution in [0.3, 0.4) is 0 Å². The molecule has 3 aromatic carbocycles. The van der Waals surface area contributed by atoms with Gasteiger partial charge in [0.05, 0.1) is 5.56 Å². The van der Waals surface area contributed by atoms with Gasteiger partial charge in [0.25, 0.3) is 5.91 Å². The molecule has 4 rings (SSSR count). The maximum Gasteiger partial charge on any atom is 0.323 e. The van der Waals surface area contributed by atoms with E-state index in [4.69, 9.17) is 0 Å². The van der Waals surface area contributed by atoms with Gasteiger partial charge in [-0.2, -0.15) is 0 Å². The summed E-state index contributed by atoms with van der Waals surface area (Å²) in [6.45, 7) is 1.88. The lowest BCUT2D eigenvalue weighted by molar-refractivity contribution is 0.102. The van der Waals surface area contributed by atoms with Crippen LogP contribution in [0, 0.1) is 6.92 Å². The van der Waals surface area contributed by atoms with Crippen LogP contribution in [-0.2, 0) is 0 Å². The number of hydrogen-bond donors (Lipinski definition) is 4. The molecule has 0 aliphatic carbocycles. The van der Waals surface area contributed by atoms with Crippen molar-refractivity contribution in [3.05, 3.63) is 90.1 Å². The maximum absolute atomic E-state index is 12.8. The molecule has 144 valence electrons. The Bertz CT molecular complexity index is 1160. The fourth-order valence-electron chi connectivity index (χ4n) is 3.21. The predicted octanol–water partition coefficient (Wildman–Crippen LogP) is 5.37.